The van der Waals surface area contributed by atoms with E-state index in [2.05, 4.69) is 0 Å². The molecule has 0 aliphatic heterocycles. The zero-order valence-corrected chi connectivity index (χ0v) is 12.0. The third kappa shape index (κ3) is 8.73. The molecular weight excluding hydrogens is 260 g/mol. The predicted molar refractivity (Wildman–Crippen MR) is 79.3 cm³/mol. The van der Waals surface area contributed by atoms with E-state index in [1.54, 1.807) is 0 Å². The van der Waals surface area contributed by atoms with Crippen molar-refractivity contribution < 1.29 is 13.5 Å². The zero-order chi connectivity index (χ0) is 14.6. The topological polar surface area (TPSA) is 35.2 Å². The Bertz CT molecular complexity index is 341. The molecule has 0 atom stereocenters. The molecule has 0 aromatic heterocycles. The fraction of sp³-hybridized carbons (Fsp3) is 0.625. The first-order chi connectivity index (χ1) is 9.68. The minimum absolute atomic E-state index is 0.0510. The second-order valence-electron chi connectivity index (χ2n) is 5.07. The summed E-state index contributed by atoms with van der Waals surface area (Å²) in [5.74, 6) is 0.853. The van der Waals surface area contributed by atoms with Gasteiger partial charge in [-0.15, -0.1) is 0 Å². The van der Waals surface area contributed by atoms with E-state index in [0.717, 1.165) is 56.6 Å². The second kappa shape index (κ2) is 10.5. The summed E-state index contributed by atoms with van der Waals surface area (Å²) in [6, 6.07) is 7.40. The molecule has 2 nitrogen and oxygen atoms in total. The smallest absolute Gasteiger partial charge is 0.238 e. The Hall–Kier alpha value is -1.32. The lowest BCUT2D eigenvalue weighted by atomic mass is 10.1. The highest BCUT2D eigenvalue weighted by Crippen LogP contribution is 2.14. The zero-order valence-electron chi connectivity index (χ0n) is 12.0. The summed E-state index contributed by atoms with van der Waals surface area (Å²) in [7, 11) is 0. The van der Waals surface area contributed by atoms with Crippen molar-refractivity contribution in [3.63, 3.8) is 0 Å². The van der Waals surface area contributed by atoms with Gasteiger partial charge in [-0.05, 0) is 37.1 Å². The van der Waals surface area contributed by atoms with E-state index in [1.807, 2.05) is 24.3 Å². The summed E-state index contributed by atoms with van der Waals surface area (Å²) in [6.07, 6.45) is 4.99. The number of nitrogen functional groups attached to an aromatic ring is 1. The molecule has 114 valence electrons. The number of anilines is 1. The van der Waals surface area contributed by atoms with Gasteiger partial charge in [0.1, 0.15) is 5.75 Å². The number of halogens is 2. The Labute approximate surface area is 120 Å². The van der Waals surface area contributed by atoms with E-state index < -0.39 is 6.43 Å². The highest BCUT2D eigenvalue weighted by molar-refractivity contribution is 5.41. The van der Waals surface area contributed by atoms with Crippen molar-refractivity contribution in [2.45, 2.75) is 57.8 Å². The van der Waals surface area contributed by atoms with Crippen LogP contribution in [0.15, 0.2) is 24.3 Å². The van der Waals surface area contributed by atoms with Crippen molar-refractivity contribution in [2.75, 3.05) is 12.3 Å². The maximum Gasteiger partial charge on any atom is 0.238 e. The summed E-state index contributed by atoms with van der Waals surface area (Å²) in [4.78, 5) is 0. The van der Waals surface area contributed by atoms with Crippen LogP contribution >= 0.6 is 0 Å². The summed E-state index contributed by atoms with van der Waals surface area (Å²) >= 11 is 0. The Morgan fingerprint density at radius 2 is 1.40 bits per heavy atom. The van der Waals surface area contributed by atoms with Gasteiger partial charge in [0.15, 0.2) is 0 Å². The Morgan fingerprint density at radius 1 is 0.850 bits per heavy atom. The molecule has 4 heteroatoms. The minimum atomic E-state index is -2.14. The van der Waals surface area contributed by atoms with Gasteiger partial charge in [0.2, 0.25) is 6.43 Å². The van der Waals surface area contributed by atoms with Gasteiger partial charge in [-0.3, -0.25) is 0 Å². The van der Waals surface area contributed by atoms with Crippen LogP contribution in [-0.4, -0.2) is 13.0 Å². The number of benzene rings is 1. The summed E-state index contributed by atoms with van der Waals surface area (Å²) in [5, 5.41) is 0. The summed E-state index contributed by atoms with van der Waals surface area (Å²) in [6.45, 7) is 0.718. The number of ether oxygens (including phenoxy) is 1. The van der Waals surface area contributed by atoms with Gasteiger partial charge in [-0.25, -0.2) is 8.78 Å². The van der Waals surface area contributed by atoms with Gasteiger partial charge in [0.25, 0.3) is 0 Å². The molecule has 0 saturated heterocycles. The molecule has 0 saturated carbocycles. The fourth-order valence-corrected chi connectivity index (χ4v) is 2.04. The van der Waals surface area contributed by atoms with Crippen LogP contribution in [0.5, 0.6) is 5.75 Å². The number of alkyl halides is 2. The molecule has 1 aromatic carbocycles. The first-order valence-electron chi connectivity index (χ1n) is 7.45. The normalized spacial score (nSPS) is 10.9. The minimum Gasteiger partial charge on any atom is -0.494 e. The van der Waals surface area contributed by atoms with Gasteiger partial charge in [-0.2, -0.15) is 0 Å². The number of hydrogen-bond donors (Lipinski definition) is 1. The van der Waals surface area contributed by atoms with Gasteiger partial charge in [0, 0.05) is 12.1 Å². The number of unbranched alkanes of at least 4 members (excludes halogenated alkanes) is 6. The van der Waals surface area contributed by atoms with Gasteiger partial charge in [-0.1, -0.05) is 32.1 Å². The molecule has 0 aliphatic rings. The van der Waals surface area contributed by atoms with Gasteiger partial charge in [0.05, 0.1) is 6.61 Å². The first-order valence-corrected chi connectivity index (χ1v) is 7.45. The number of nitrogens with two attached hydrogens (primary N) is 1. The highest BCUT2D eigenvalue weighted by Gasteiger charge is 2.00. The molecule has 0 radical (unpaired) electrons. The molecule has 0 bridgehead atoms. The van der Waals surface area contributed by atoms with Crippen molar-refractivity contribution in [1.29, 1.82) is 0 Å². The van der Waals surface area contributed by atoms with Crippen LogP contribution in [0.3, 0.4) is 0 Å². The summed E-state index contributed by atoms with van der Waals surface area (Å²) in [5.41, 5.74) is 6.33. The van der Waals surface area contributed by atoms with E-state index in [9.17, 15) is 8.78 Å². The van der Waals surface area contributed by atoms with Crippen LogP contribution in [0.25, 0.3) is 0 Å². The maximum absolute atomic E-state index is 11.9. The van der Waals surface area contributed by atoms with E-state index in [4.69, 9.17) is 10.5 Å². The van der Waals surface area contributed by atoms with E-state index in [0.29, 0.717) is 6.42 Å². The Kier molecular flexibility index (Phi) is 8.76. The Balaban J connectivity index is 1.86. The molecule has 0 aliphatic carbocycles. The molecular formula is C16H25F2NO. The predicted octanol–water partition coefficient (Wildman–Crippen LogP) is 5.03. The number of hydrogen-bond acceptors (Lipinski definition) is 2. The molecule has 0 amide bonds. The second-order valence-corrected chi connectivity index (χ2v) is 5.07. The third-order valence-corrected chi connectivity index (χ3v) is 3.22. The van der Waals surface area contributed by atoms with E-state index in [-0.39, 0.29) is 6.42 Å². The van der Waals surface area contributed by atoms with Crippen LogP contribution in [0.4, 0.5) is 14.5 Å². The lowest BCUT2D eigenvalue weighted by Gasteiger charge is -2.06. The van der Waals surface area contributed by atoms with Crippen molar-refractivity contribution >= 4 is 5.69 Å². The van der Waals surface area contributed by atoms with Crippen molar-refractivity contribution in [3.05, 3.63) is 24.3 Å². The SMILES string of the molecule is Nc1ccc(OCCCCCCCCCC(F)F)cc1. The van der Waals surface area contributed by atoms with Crippen LogP contribution in [0.2, 0.25) is 0 Å². The summed E-state index contributed by atoms with van der Waals surface area (Å²) < 4.78 is 29.4. The molecule has 0 heterocycles. The molecule has 0 spiro atoms. The third-order valence-electron chi connectivity index (χ3n) is 3.22. The van der Waals surface area contributed by atoms with E-state index >= 15 is 0 Å². The lowest BCUT2D eigenvalue weighted by Crippen LogP contribution is -1.97. The molecule has 0 fully saturated rings. The molecule has 20 heavy (non-hydrogen) atoms. The molecule has 1 aromatic rings. The Morgan fingerprint density at radius 3 is 2.00 bits per heavy atom. The average molecular weight is 285 g/mol. The molecule has 1 rings (SSSR count). The lowest BCUT2D eigenvalue weighted by molar-refractivity contribution is 0.133. The quantitative estimate of drug-likeness (QED) is 0.457. The molecule has 2 N–H and O–H groups in total. The highest BCUT2D eigenvalue weighted by atomic mass is 19.3. The monoisotopic (exact) mass is 285 g/mol. The van der Waals surface area contributed by atoms with Crippen LogP contribution in [-0.2, 0) is 0 Å². The standard InChI is InChI=1S/C16H25F2NO/c17-16(18)8-6-4-2-1-3-5-7-13-20-15-11-9-14(19)10-12-15/h9-12,16H,1-8,13,19H2. The molecule has 0 unspecified atom stereocenters. The fourth-order valence-electron chi connectivity index (χ4n) is 2.04. The average Bonchev–Trinajstić information content (AvgIpc) is 2.42. The van der Waals surface area contributed by atoms with E-state index in [1.165, 1.54) is 0 Å². The van der Waals surface area contributed by atoms with Crippen LogP contribution in [0.1, 0.15) is 51.4 Å². The van der Waals surface area contributed by atoms with Crippen LogP contribution < -0.4 is 10.5 Å². The largest absolute Gasteiger partial charge is 0.494 e. The van der Waals surface area contributed by atoms with Gasteiger partial charge < -0.3 is 10.5 Å². The van der Waals surface area contributed by atoms with Crippen molar-refractivity contribution in [2.24, 2.45) is 0 Å². The van der Waals surface area contributed by atoms with Crippen molar-refractivity contribution in [1.82, 2.24) is 0 Å². The first kappa shape index (κ1) is 16.7. The van der Waals surface area contributed by atoms with Crippen molar-refractivity contribution in [3.8, 4) is 5.75 Å². The van der Waals surface area contributed by atoms with Gasteiger partial charge >= 0.3 is 0 Å². The number of rotatable bonds is 11. The maximum atomic E-state index is 11.9. The van der Waals surface area contributed by atoms with Crippen LogP contribution in [0, 0.1) is 0 Å².